The van der Waals surface area contributed by atoms with Gasteiger partial charge in [0.05, 0.1) is 17.1 Å². The van der Waals surface area contributed by atoms with Crippen LogP contribution in [-0.2, 0) is 0 Å². The van der Waals surface area contributed by atoms with Gasteiger partial charge in [0.15, 0.2) is 0 Å². The Morgan fingerprint density at radius 3 is 2.55 bits per heavy atom. The first-order chi connectivity index (χ1) is 10.5. The molecule has 1 amide bonds. The Morgan fingerprint density at radius 2 is 1.95 bits per heavy atom. The van der Waals surface area contributed by atoms with Crippen molar-refractivity contribution < 1.29 is 14.5 Å². The molecular weight excluding hydrogens is 352 g/mol. The number of hydrogen-bond donors (Lipinski definition) is 1. The van der Waals surface area contributed by atoms with Crippen molar-refractivity contribution in [3.8, 4) is 5.75 Å². The number of amides is 1. The van der Waals surface area contributed by atoms with Gasteiger partial charge in [-0.2, -0.15) is 0 Å². The summed E-state index contributed by atoms with van der Waals surface area (Å²) in [6.07, 6.45) is 0. The first-order valence-corrected chi connectivity index (χ1v) is 7.28. The Hall–Kier alpha value is -2.41. The number of rotatable bonds is 5. The van der Waals surface area contributed by atoms with E-state index in [-0.39, 0.29) is 11.3 Å². The molecule has 6 nitrogen and oxygen atoms in total. The van der Waals surface area contributed by atoms with E-state index in [1.807, 2.05) is 6.92 Å². The maximum absolute atomic E-state index is 12.2. The summed E-state index contributed by atoms with van der Waals surface area (Å²) in [5.74, 6) is 0.275. The highest BCUT2D eigenvalue weighted by Gasteiger charge is 2.15. The molecule has 7 heteroatoms. The predicted octanol–water partition coefficient (Wildman–Crippen LogP) is 4.01. The number of nitro benzene ring substituents is 1. The first kappa shape index (κ1) is 16.0. The van der Waals surface area contributed by atoms with Crippen LogP contribution in [0.1, 0.15) is 17.3 Å². The quantitative estimate of drug-likeness (QED) is 0.641. The molecule has 0 aromatic heterocycles. The van der Waals surface area contributed by atoms with Crippen LogP contribution >= 0.6 is 15.9 Å². The molecule has 2 aromatic rings. The van der Waals surface area contributed by atoms with E-state index in [0.29, 0.717) is 22.5 Å². The van der Waals surface area contributed by atoms with Gasteiger partial charge < -0.3 is 10.1 Å². The van der Waals surface area contributed by atoms with Gasteiger partial charge in [0.25, 0.3) is 11.6 Å². The van der Waals surface area contributed by atoms with Crippen molar-refractivity contribution in [2.75, 3.05) is 11.9 Å². The molecule has 0 aliphatic rings. The van der Waals surface area contributed by atoms with Gasteiger partial charge in [0, 0.05) is 22.3 Å². The summed E-state index contributed by atoms with van der Waals surface area (Å²) >= 11 is 3.22. The van der Waals surface area contributed by atoms with Gasteiger partial charge >= 0.3 is 0 Å². The average Bonchev–Trinajstić information content (AvgIpc) is 2.49. The van der Waals surface area contributed by atoms with Gasteiger partial charge in [-0.1, -0.05) is 0 Å². The molecule has 0 aliphatic heterocycles. The van der Waals surface area contributed by atoms with Crippen molar-refractivity contribution in [2.24, 2.45) is 0 Å². The number of anilines is 1. The fraction of sp³-hybridized carbons (Fsp3) is 0.133. The van der Waals surface area contributed by atoms with Crippen molar-refractivity contribution in [1.82, 2.24) is 0 Å². The van der Waals surface area contributed by atoms with E-state index in [0.717, 1.165) is 0 Å². The lowest BCUT2D eigenvalue weighted by Crippen LogP contribution is -2.12. The normalized spacial score (nSPS) is 10.1. The van der Waals surface area contributed by atoms with Gasteiger partial charge in [-0.25, -0.2) is 0 Å². The number of halogens is 1. The minimum absolute atomic E-state index is 0.139. The number of carbonyl (C=O) groups excluding carboxylic acids is 1. The van der Waals surface area contributed by atoms with Crippen LogP contribution in [0.25, 0.3) is 0 Å². The summed E-state index contributed by atoms with van der Waals surface area (Å²) in [4.78, 5) is 22.5. The molecule has 0 heterocycles. The zero-order valence-electron chi connectivity index (χ0n) is 11.7. The summed E-state index contributed by atoms with van der Waals surface area (Å²) in [5.41, 5.74) is 0.634. The van der Waals surface area contributed by atoms with Crippen LogP contribution in [0.4, 0.5) is 11.4 Å². The lowest BCUT2D eigenvalue weighted by Gasteiger charge is -2.08. The van der Waals surface area contributed by atoms with Crippen LogP contribution < -0.4 is 10.1 Å². The van der Waals surface area contributed by atoms with Crippen molar-refractivity contribution >= 4 is 33.2 Å². The van der Waals surface area contributed by atoms with Crippen LogP contribution in [-0.4, -0.2) is 17.4 Å². The molecule has 22 heavy (non-hydrogen) atoms. The summed E-state index contributed by atoms with van der Waals surface area (Å²) < 4.78 is 5.80. The Labute approximate surface area is 135 Å². The van der Waals surface area contributed by atoms with Crippen LogP contribution in [0.5, 0.6) is 5.75 Å². The SMILES string of the molecule is CCOc1ccc(NC(=O)c2cc([N+](=O)[O-])ccc2Br)cc1. The fourth-order valence-electron chi connectivity index (χ4n) is 1.80. The Kier molecular flexibility index (Phi) is 5.11. The summed E-state index contributed by atoms with van der Waals surface area (Å²) in [6, 6.07) is 10.9. The van der Waals surface area contributed by atoms with Crippen molar-refractivity contribution in [1.29, 1.82) is 0 Å². The Morgan fingerprint density at radius 1 is 1.27 bits per heavy atom. The molecule has 0 aliphatic carbocycles. The van der Waals surface area contributed by atoms with E-state index in [4.69, 9.17) is 4.74 Å². The maximum atomic E-state index is 12.2. The number of ether oxygens (including phenoxy) is 1. The first-order valence-electron chi connectivity index (χ1n) is 6.49. The minimum Gasteiger partial charge on any atom is -0.494 e. The minimum atomic E-state index is -0.542. The van der Waals surface area contributed by atoms with Crippen LogP contribution in [0.3, 0.4) is 0 Å². The smallest absolute Gasteiger partial charge is 0.270 e. The van der Waals surface area contributed by atoms with Gasteiger partial charge in [-0.05, 0) is 53.2 Å². The second-order valence-electron chi connectivity index (χ2n) is 4.33. The van der Waals surface area contributed by atoms with E-state index in [2.05, 4.69) is 21.2 Å². The van der Waals surface area contributed by atoms with Gasteiger partial charge in [0.2, 0.25) is 0 Å². The second-order valence-corrected chi connectivity index (χ2v) is 5.19. The highest BCUT2D eigenvalue weighted by Crippen LogP contribution is 2.24. The fourth-order valence-corrected chi connectivity index (χ4v) is 2.23. The zero-order chi connectivity index (χ0) is 16.1. The van der Waals surface area contributed by atoms with Crippen LogP contribution in [0.15, 0.2) is 46.9 Å². The van der Waals surface area contributed by atoms with Crippen molar-refractivity contribution in [3.05, 3.63) is 62.6 Å². The van der Waals surface area contributed by atoms with Gasteiger partial charge in [-0.3, -0.25) is 14.9 Å². The second kappa shape index (κ2) is 7.04. The van der Waals surface area contributed by atoms with E-state index >= 15 is 0 Å². The number of nitrogens with one attached hydrogen (secondary N) is 1. The summed E-state index contributed by atoms with van der Waals surface area (Å²) in [7, 11) is 0. The average molecular weight is 365 g/mol. The Bertz CT molecular complexity index is 701. The topological polar surface area (TPSA) is 81.5 Å². The standard InChI is InChI=1S/C15H13BrN2O4/c1-2-22-12-6-3-10(4-7-12)17-15(19)13-9-11(18(20)21)5-8-14(13)16/h3-9H,2H2,1H3,(H,17,19). The molecular formula is C15H13BrN2O4. The molecule has 2 rings (SSSR count). The molecule has 114 valence electrons. The molecule has 1 N–H and O–H groups in total. The molecule has 0 fully saturated rings. The highest BCUT2D eigenvalue weighted by atomic mass is 79.9. The van der Waals surface area contributed by atoms with E-state index < -0.39 is 10.8 Å². The molecule has 0 unspecified atom stereocenters. The van der Waals surface area contributed by atoms with E-state index in [1.54, 1.807) is 24.3 Å². The monoisotopic (exact) mass is 364 g/mol. The van der Waals surface area contributed by atoms with Crippen molar-refractivity contribution in [2.45, 2.75) is 6.92 Å². The van der Waals surface area contributed by atoms with Crippen molar-refractivity contribution in [3.63, 3.8) is 0 Å². The largest absolute Gasteiger partial charge is 0.494 e. The molecule has 2 aromatic carbocycles. The molecule has 0 saturated heterocycles. The number of hydrogen-bond acceptors (Lipinski definition) is 4. The van der Waals surface area contributed by atoms with Crippen LogP contribution in [0, 0.1) is 10.1 Å². The third kappa shape index (κ3) is 3.82. The molecule has 0 bridgehead atoms. The number of carbonyl (C=O) groups is 1. The number of non-ortho nitro benzene ring substituents is 1. The van der Waals surface area contributed by atoms with E-state index in [1.165, 1.54) is 18.2 Å². The molecule has 0 saturated carbocycles. The lowest BCUT2D eigenvalue weighted by atomic mass is 10.2. The third-order valence-electron chi connectivity index (χ3n) is 2.83. The molecule has 0 radical (unpaired) electrons. The highest BCUT2D eigenvalue weighted by molar-refractivity contribution is 9.10. The van der Waals surface area contributed by atoms with Crippen LogP contribution in [0.2, 0.25) is 0 Å². The van der Waals surface area contributed by atoms with E-state index in [9.17, 15) is 14.9 Å². The third-order valence-corrected chi connectivity index (χ3v) is 3.52. The molecule has 0 spiro atoms. The number of nitro groups is 1. The molecule has 0 atom stereocenters. The predicted molar refractivity (Wildman–Crippen MR) is 86.4 cm³/mol. The van der Waals surface area contributed by atoms with Gasteiger partial charge in [0.1, 0.15) is 5.75 Å². The summed E-state index contributed by atoms with van der Waals surface area (Å²) in [5, 5.41) is 13.5. The van der Waals surface area contributed by atoms with Gasteiger partial charge in [-0.15, -0.1) is 0 Å². The Balaban J connectivity index is 2.18. The lowest BCUT2D eigenvalue weighted by molar-refractivity contribution is -0.384. The number of benzene rings is 2. The zero-order valence-corrected chi connectivity index (χ0v) is 13.3. The number of nitrogens with zero attached hydrogens (tertiary/aromatic N) is 1. The maximum Gasteiger partial charge on any atom is 0.270 e. The summed E-state index contributed by atoms with van der Waals surface area (Å²) in [6.45, 7) is 2.45.